The highest BCUT2D eigenvalue weighted by Crippen LogP contribution is 2.31. The molecule has 1 aliphatic carbocycles. The Hall–Kier alpha value is -0.610. The Morgan fingerprint density at radius 1 is 1.50 bits per heavy atom. The molecule has 1 fully saturated rings. The zero-order valence-electron chi connectivity index (χ0n) is 10.5. The minimum Gasteiger partial charge on any atom is -0.481 e. The molecular formula is C12H23NO3. The molecule has 94 valence electrons. The standard InChI is InChI=1S/C12H23NO3/c1-9-4-5-10(12(14)15)11(8-9)13(2)6-7-16-3/h9-11H,4-8H2,1-3H3,(H,14,15). The van der Waals surface area contributed by atoms with E-state index in [1.54, 1.807) is 7.11 Å². The molecule has 0 amide bonds. The Bertz CT molecular complexity index is 232. The molecule has 0 aliphatic heterocycles. The summed E-state index contributed by atoms with van der Waals surface area (Å²) in [6, 6.07) is 0.163. The maximum atomic E-state index is 11.2. The fourth-order valence-corrected chi connectivity index (χ4v) is 2.53. The van der Waals surface area contributed by atoms with E-state index < -0.39 is 5.97 Å². The average Bonchev–Trinajstić information content (AvgIpc) is 2.25. The number of hydrogen-bond donors (Lipinski definition) is 1. The van der Waals surface area contributed by atoms with Gasteiger partial charge in [0.25, 0.3) is 0 Å². The van der Waals surface area contributed by atoms with E-state index in [1.807, 2.05) is 7.05 Å². The molecule has 1 saturated carbocycles. The van der Waals surface area contributed by atoms with Crippen molar-refractivity contribution in [1.29, 1.82) is 0 Å². The molecule has 0 aromatic carbocycles. The van der Waals surface area contributed by atoms with Crippen molar-refractivity contribution in [2.45, 2.75) is 32.2 Å². The first-order chi connectivity index (χ1) is 7.56. The molecule has 3 atom stereocenters. The Morgan fingerprint density at radius 3 is 2.75 bits per heavy atom. The number of methoxy groups -OCH3 is 1. The van der Waals surface area contributed by atoms with Crippen molar-refractivity contribution in [3.63, 3.8) is 0 Å². The number of ether oxygens (including phenoxy) is 1. The van der Waals surface area contributed by atoms with Crippen LogP contribution in [0.3, 0.4) is 0 Å². The molecule has 0 radical (unpaired) electrons. The highest BCUT2D eigenvalue weighted by atomic mass is 16.5. The van der Waals surface area contributed by atoms with Crippen LogP contribution < -0.4 is 0 Å². The molecule has 0 aromatic heterocycles. The number of carboxylic acid groups (broad SMARTS) is 1. The van der Waals surface area contributed by atoms with Gasteiger partial charge in [-0.2, -0.15) is 0 Å². The van der Waals surface area contributed by atoms with Crippen LogP contribution in [0.15, 0.2) is 0 Å². The minimum atomic E-state index is -0.652. The van der Waals surface area contributed by atoms with Crippen LogP contribution in [0.1, 0.15) is 26.2 Å². The second-order valence-corrected chi connectivity index (χ2v) is 4.90. The smallest absolute Gasteiger partial charge is 0.308 e. The van der Waals surface area contributed by atoms with Crippen LogP contribution in [0.5, 0.6) is 0 Å². The zero-order chi connectivity index (χ0) is 12.1. The van der Waals surface area contributed by atoms with Gasteiger partial charge >= 0.3 is 5.97 Å². The maximum Gasteiger partial charge on any atom is 0.308 e. The first kappa shape index (κ1) is 13.5. The number of aliphatic carboxylic acids is 1. The van der Waals surface area contributed by atoms with Gasteiger partial charge in [0.1, 0.15) is 0 Å². The van der Waals surface area contributed by atoms with Crippen LogP contribution in [-0.4, -0.2) is 49.3 Å². The Morgan fingerprint density at radius 2 is 2.19 bits per heavy atom. The van der Waals surface area contributed by atoms with E-state index >= 15 is 0 Å². The third-order valence-corrected chi connectivity index (χ3v) is 3.61. The number of carboxylic acids is 1. The third kappa shape index (κ3) is 3.46. The summed E-state index contributed by atoms with van der Waals surface area (Å²) in [4.78, 5) is 13.3. The van der Waals surface area contributed by atoms with E-state index in [4.69, 9.17) is 4.74 Å². The molecule has 1 rings (SSSR count). The Kier molecular flexibility index (Phi) is 5.22. The van der Waals surface area contributed by atoms with Crippen LogP contribution in [0.25, 0.3) is 0 Å². The molecule has 1 aliphatic rings. The molecule has 0 heterocycles. The van der Waals surface area contributed by atoms with E-state index in [1.165, 1.54) is 0 Å². The Labute approximate surface area is 97.6 Å². The van der Waals surface area contributed by atoms with Gasteiger partial charge in [0.05, 0.1) is 12.5 Å². The van der Waals surface area contributed by atoms with Gasteiger partial charge in [0, 0.05) is 19.7 Å². The van der Waals surface area contributed by atoms with Gasteiger partial charge in [-0.05, 0) is 32.2 Å². The summed E-state index contributed by atoms with van der Waals surface area (Å²) in [5, 5.41) is 9.21. The van der Waals surface area contributed by atoms with E-state index in [2.05, 4.69) is 11.8 Å². The lowest BCUT2D eigenvalue weighted by atomic mass is 9.78. The molecule has 3 unspecified atom stereocenters. The van der Waals surface area contributed by atoms with E-state index in [0.29, 0.717) is 12.5 Å². The number of rotatable bonds is 5. The van der Waals surface area contributed by atoms with Crippen molar-refractivity contribution in [2.24, 2.45) is 11.8 Å². The van der Waals surface area contributed by atoms with Crippen molar-refractivity contribution in [3.8, 4) is 0 Å². The van der Waals surface area contributed by atoms with Crippen molar-refractivity contribution < 1.29 is 14.6 Å². The van der Waals surface area contributed by atoms with Gasteiger partial charge in [-0.15, -0.1) is 0 Å². The van der Waals surface area contributed by atoms with Crippen LogP contribution in [0.4, 0.5) is 0 Å². The molecule has 1 N–H and O–H groups in total. The van der Waals surface area contributed by atoms with E-state index in [-0.39, 0.29) is 12.0 Å². The normalized spacial score (nSPS) is 30.6. The van der Waals surface area contributed by atoms with Gasteiger partial charge in [-0.25, -0.2) is 0 Å². The van der Waals surface area contributed by atoms with Gasteiger partial charge < -0.3 is 14.7 Å². The molecule has 0 saturated heterocycles. The van der Waals surface area contributed by atoms with Gasteiger partial charge in [0.2, 0.25) is 0 Å². The molecule has 4 nitrogen and oxygen atoms in total. The second-order valence-electron chi connectivity index (χ2n) is 4.90. The summed E-state index contributed by atoms with van der Waals surface area (Å²) in [6.45, 7) is 3.67. The predicted octanol–water partition coefficient (Wildman–Crippen LogP) is 1.45. The SMILES string of the molecule is COCCN(C)C1CC(C)CCC1C(=O)O. The molecule has 4 heteroatoms. The molecular weight excluding hydrogens is 206 g/mol. The highest BCUT2D eigenvalue weighted by Gasteiger charge is 2.35. The Balaban J connectivity index is 2.59. The monoisotopic (exact) mass is 229 g/mol. The lowest BCUT2D eigenvalue weighted by Crippen LogP contribution is -2.46. The maximum absolute atomic E-state index is 11.2. The zero-order valence-corrected chi connectivity index (χ0v) is 10.5. The molecule has 16 heavy (non-hydrogen) atoms. The topological polar surface area (TPSA) is 49.8 Å². The van der Waals surface area contributed by atoms with Gasteiger partial charge in [-0.1, -0.05) is 6.92 Å². The first-order valence-corrected chi connectivity index (χ1v) is 5.98. The van der Waals surface area contributed by atoms with Crippen molar-refractivity contribution in [3.05, 3.63) is 0 Å². The molecule has 0 aromatic rings. The summed E-state index contributed by atoms with van der Waals surface area (Å²) in [5.74, 6) is -0.232. The van der Waals surface area contributed by atoms with E-state index in [0.717, 1.165) is 25.8 Å². The van der Waals surface area contributed by atoms with Crippen molar-refractivity contribution >= 4 is 5.97 Å². The summed E-state index contributed by atoms with van der Waals surface area (Å²) in [5.41, 5.74) is 0. The van der Waals surface area contributed by atoms with Crippen LogP contribution in [0, 0.1) is 11.8 Å². The third-order valence-electron chi connectivity index (χ3n) is 3.61. The highest BCUT2D eigenvalue weighted by molar-refractivity contribution is 5.71. The summed E-state index contributed by atoms with van der Waals surface area (Å²) in [7, 11) is 3.67. The average molecular weight is 229 g/mol. The predicted molar refractivity (Wildman–Crippen MR) is 62.4 cm³/mol. The number of hydrogen-bond acceptors (Lipinski definition) is 3. The summed E-state index contributed by atoms with van der Waals surface area (Å²) >= 11 is 0. The fraction of sp³-hybridized carbons (Fsp3) is 0.917. The van der Waals surface area contributed by atoms with E-state index in [9.17, 15) is 9.90 Å². The number of nitrogens with zero attached hydrogens (tertiary/aromatic N) is 1. The lowest BCUT2D eigenvalue weighted by molar-refractivity contribution is -0.146. The molecule has 0 bridgehead atoms. The second kappa shape index (κ2) is 6.21. The van der Waals surface area contributed by atoms with Gasteiger partial charge in [0.15, 0.2) is 0 Å². The van der Waals surface area contributed by atoms with Crippen molar-refractivity contribution in [2.75, 3.05) is 27.3 Å². The van der Waals surface area contributed by atoms with Crippen LogP contribution >= 0.6 is 0 Å². The molecule has 0 spiro atoms. The number of carbonyl (C=O) groups is 1. The quantitative estimate of drug-likeness (QED) is 0.775. The summed E-state index contributed by atoms with van der Waals surface area (Å²) in [6.07, 6.45) is 2.82. The minimum absolute atomic E-state index is 0.163. The van der Waals surface area contributed by atoms with Crippen LogP contribution in [-0.2, 0) is 9.53 Å². The largest absolute Gasteiger partial charge is 0.481 e. The summed E-state index contributed by atoms with van der Waals surface area (Å²) < 4.78 is 5.04. The van der Waals surface area contributed by atoms with Crippen molar-refractivity contribution in [1.82, 2.24) is 4.90 Å². The lowest BCUT2D eigenvalue weighted by Gasteiger charge is -2.38. The van der Waals surface area contributed by atoms with Crippen LogP contribution in [0.2, 0.25) is 0 Å². The van der Waals surface area contributed by atoms with Gasteiger partial charge in [-0.3, -0.25) is 4.79 Å². The first-order valence-electron chi connectivity index (χ1n) is 5.98. The number of likely N-dealkylation sites (N-methyl/N-ethyl adjacent to an activating group) is 1. The fourth-order valence-electron chi connectivity index (χ4n) is 2.53.